The number of hydrogen-bond acceptors (Lipinski definition) is 4. The van der Waals surface area contributed by atoms with Gasteiger partial charge in [-0.05, 0) is 31.4 Å². The van der Waals surface area contributed by atoms with Gasteiger partial charge in [-0.15, -0.1) is 0 Å². The Morgan fingerprint density at radius 1 is 1.18 bits per heavy atom. The molecule has 1 aliphatic rings. The number of anilines is 1. The summed E-state index contributed by atoms with van der Waals surface area (Å²) >= 11 is 1.46. The van der Waals surface area contributed by atoms with E-state index in [2.05, 4.69) is 22.4 Å². The van der Waals surface area contributed by atoms with Crippen LogP contribution >= 0.6 is 11.8 Å². The minimum atomic E-state index is 0.150. The van der Waals surface area contributed by atoms with Crippen molar-refractivity contribution in [2.75, 3.05) is 24.2 Å². The number of benzene rings is 2. The van der Waals surface area contributed by atoms with Crippen LogP contribution in [0.3, 0.4) is 0 Å². The molecule has 0 fully saturated rings. The van der Waals surface area contributed by atoms with Gasteiger partial charge in [0.25, 0.3) is 0 Å². The van der Waals surface area contributed by atoms with E-state index in [9.17, 15) is 4.79 Å². The van der Waals surface area contributed by atoms with E-state index < -0.39 is 0 Å². The summed E-state index contributed by atoms with van der Waals surface area (Å²) in [7, 11) is 0. The highest BCUT2D eigenvalue weighted by molar-refractivity contribution is 8.14. The van der Waals surface area contributed by atoms with Gasteiger partial charge in [0.15, 0.2) is 5.17 Å². The highest BCUT2D eigenvalue weighted by Crippen LogP contribution is 2.36. The highest BCUT2D eigenvalue weighted by Gasteiger charge is 2.16. The average Bonchev–Trinajstić information content (AvgIpc) is 2.54. The number of aliphatic imine (C=N–C) groups is 1. The van der Waals surface area contributed by atoms with E-state index in [-0.39, 0.29) is 5.91 Å². The van der Waals surface area contributed by atoms with E-state index in [0.717, 1.165) is 35.0 Å². The van der Waals surface area contributed by atoms with Gasteiger partial charge in [-0.3, -0.25) is 4.79 Å². The Morgan fingerprint density at radius 2 is 1.91 bits per heavy atom. The van der Waals surface area contributed by atoms with Crippen molar-refractivity contribution in [3.63, 3.8) is 0 Å². The first-order chi connectivity index (χ1) is 10.7. The van der Waals surface area contributed by atoms with Gasteiger partial charge in [0, 0.05) is 18.5 Å². The molecule has 1 heterocycles. The van der Waals surface area contributed by atoms with Crippen LogP contribution in [-0.4, -0.2) is 34.8 Å². The van der Waals surface area contributed by atoms with Gasteiger partial charge in [-0.2, -0.15) is 0 Å². The van der Waals surface area contributed by atoms with Gasteiger partial charge in [0.1, 0.15) is 0 Å². The fraction of sp³-hybridized carbons (Fsp3) is 0.294. The molecule has 0 unspecified atom stereocenters. The summed E-state index contributed by atoms with van der Waals surface area (Å²) in [5.74, 6) is 0.558. The van der Waals surface area contributed by atoms with Gasteiger partial charge in [0.2, 0.25) is 5.91 Å². The molecule has 0 bridgehead atoms. The van der Waals surface area contributed by atoms with E-state index in [1.165, 1.54) is 17.1 Å². The Kier molecular flexibility index (Phi) is 4.34. The van der Waals surface area contributed by atoms with Crippen LogP contribution in [0.25, 0.3) is 10.8 Å². The smallest absolute Gasteiger partial charge is 0.233 e. The molecule has 2 aromatic rings. The zero-order valence-electron chi connectivity index (χ0n) is 12.8. The standard InChI is InChI=1S/C17H19N3OS/c1-3-20(4-2)15(21)11-22-17-18-13-9-5-7-12-8-6-10-14(19-17)16(12)13/h5-10H,3-4,11H2,1-2H3,(H,18,19). The van der Waals surface area contributed by atoms with Crippen LogP contribution in [0.15, 0.2) is 41.4 Å². The lowest BCUT2D eigenvalue weighted by atomic mass is 10.1. The lowest BCUT2D eigenvalue weighted by Gasteiger charge is -2.20. The van der Waals surface area contributed by atoms with Gasteiger partial charge in [-0.25, -0.2) is 4.99 Å². The van der Waals surface area contributed by atoms with Crippen molar-refractivity contribution in [2.24, 2.45) is 4.99 Å². The second-order valence-corrected chi connectivity index (χ2v) is 6.04. The predicted molar refractivity (Wildman–Crippen MR) is 95.1 cm³/mol. The molecular weight excluding hydrogens is 294 g/mol. The first-order valence-electron chi connectivity index (χ1n) is 7.51. The van der Waals surface area contributed by atoms with Crippen LogP contribution < -0.4 is 5.32 Å². The Bertz CT molecular complexity index is 733. The van der Waals surface area contributed by atoms with Gasteiger partial charge in [-0.1, -0.05) is 36.0 Å². The molecule has 1 amide bonds. The van der Waals surface area contributed by atoms with Gasteiger partial charge >= 0.3 is 0 Å². The first-order valence-corrected chi connectivity index (χ1v) is 8.49. The summed E-state index contributed by atoms with van der Waals surface area (Å²) in [4.78, 5) is 18.6. The van der Waals surface area contributed by atoms with E-state index in [4.69, 9.17) is 0 Å². The summed E-state index contributed by atoms with van der Waals surface area (Å²) in [5.41, 5.74) is 2.02. The SMILES string of the molecule is CCN(CC)C(=O)CSC1=Nc2cccc3cccc(c23)N1. The van der Waals surface area contributed by atoms with E-state index in [0.29, 0.717) is 5.75 Å². The number of rotatable bonds is 4. The van der Waals surface area contributed by atoms with Crippen molar-refractivity contribution >= 4 is 45.0 Å². The lowest BCUT2D eigenvalue weighted by molar-refractivity contribution is -0.127. The molecule has 0 radical (unpaired) electrons. The number of hydrogen-bond donors (Lipinski definition) is 1. The zero-order valence-corrected chi connectivity index (χ0v) is 13.6. The Balaban J connectivity index is 1.79. The molecule has 0 spiro atoms. The van der Waals surface area contributed by atoms with Crippen LogP contribution in [0, 0.1) is 0 Å². The number of thioether (sulfide) groups is 1. The molecule has 5 heteroatoms. The van der Waals surface area contributed by atoms with Crippen molar-refractivity contribution in [1.29, 1.82) is 0 Å². The molecule has 0 aliphatic carbocycles. The molecule has 22 heavy (non-hydrogen) atoms. The predicted octanol–water partition coefficient (Wildman–Crippen LogP) is 3.85. The number of nitrogens with one attached hydrogen (secondary N) is 1. The molecule has 0 atom stereocenters. The Morgan fingerprint density at radius 3 is 2.64 bits per heavy atom. The second kappa shape index (κ2) is 6.40. The number of amides is 1. The third-order valence-electron chi connectivity index (χ3n) is 3.79. The van der Waals surface area contributed by atoms with Gasteiger partial charge < -0.3 is 10.2 Å². The monoisotopic (exact) mass is 313 g/mol. The molecule has 2 aromatic carbocycles. The summed E-state index contributed by atoms with van der Waals surface area (Å²) < 4.78 is 0. The minimum Gasteiger partial charge on any atom is -0.343 e. The average molecular weight is 313 g/mol. The molecule has 0 aromatic heterocycles. The maximum atomic E-state index is 12.1. The third-order valence-corrected chi connectivity index (χ3v) is 4.65. The summed E-state index contributed by atoms with van der Waals surface area (Å²) in [6, 6.07) is 12.3. The topological polar surface area (TPSA) is 44.7 Å². The molecule has 0 saturated heterocycles. The number of carbonyl (C=O) groups is 1. The Labute approximate surface area is 134 Å². The third kappa shape index (κ3) is 2.81. The van der Waals surface area contributed by atoms with Crippen LogP contribution in [0.2, 0.25) is 0 Å². The van der Waals surface area contributed by atoms with Crippen molar-refractivity contribution in [1.82, 2.24) is 4.90 Å². The highest BCUT2D eigenvalue weighted by atomic mass is 32.2. The fourth-order valence-corrected chi connectivity index (χ4v) is 3.42. The van der Waals surface area contributed by atoms with Crippen LogP contribution in [0.4, 0.5) is 11.4 Å². The van der Waals surface area contributed by atoms with Crippen LogP contribution in [0.1, 0.15) is 13.8 Å². The maximum absolute atomic E-state index is 12.1. The normalized spacial score (nSPS) is 12.7. The fourth-order valence-electron chi connectivity index (χ4n) is 2.64. The van der Waals surface area contributed by atoms with Crippen molar-refractivity contribution in [3.8, 4) is 0 Å². The summed E-state index contributed by atoms with van der Waals surface area (Å²) in [6.45, 7) is 5.49. The first kappa shape index (κ1) is 14.9. The molecule has 4 nitrogen and oxygen atoms in total. The molecule has 3 rings (SSSR count). The lowest BCUT2D eigenvalue weighted by Crippen LogP contribution is -2.32. The van der Waals surface area contributed by atoms with Crippen LogP contribution in [0.5, 0.6) is 0 Å². The number of nitrogens with zero attached hydrogens (tertiary/aromatic N) is 2. The summed E-state index contributed by atoms with van der Waals surface area (Å²) in [5, 5.41) is 6.44. The molecule has 1 aliphatic heterocycles. The second-order valence-electron chi connectivity index (χ2n) is 5.08. The van der Waals surface area contributed by atoms with Crippen molar-refractivity contribution in [3.05, 3.63) is 36.4 Å². The van der Waals surface area contributed by atoms with Crippen LogP contribution in [-0.2, 0) is 4.79 Å². The van der Waals surface area contributed by atoms with Gasteiger partial charge in [0.05, 0.1) is 17.1 Å². The molecule has 0 saturated carbocycles. The largest absolute Gasteiger partial charge is 0.343 e. The zero-order chi connectivity index (χ0) is 15.5. The summed E-state index contributed by atoms with van der Waals surface area (Å²) in [6.07, 6.45) is 0. The van der Waals surface area contributed by atoms with E-state index >= 15 is 0 Å². The van der Waals surface area contributed by atoms with E-state index in [1.54, 1.807) is 0 Å². The molecule has 1 N–H and O–H groups in total. The van der Waals surface area contributed by atoms with E-state index in [1.807, 2.05) is 43.0 Å². The molecular formula is C17H19N3OS. The Hall–Kier alpha value is -2.01. The quantitative estimate of drug-likeness (QED) is 0.932. The molecule has 114 valence electrons. The number of amidine groups is 1. The van der Waals surface area contributed by atoms with Crippen molar-refractivity contribution < 1.29 is 4.79 Å². The number of carbonyl (C=O) groups excluding carboxylic acids is 1. The maximum Gasteiger partial charge on any atom is 0.233 e. The van der Waals surface area contributed by atoms with Crippen molar-refractivity contribution in [2.45, 2.75) is 13.8 Å². The minimum absolute atomic E-state index is 0.150.